The van der Waals surface area contributed by atoms with Crippen LogP contribution in [0.5, 0.6) is 0 Å². The summed E-state index contributed by atoms with van der Waals surface area (Å²) >= 11 is 0. The fourth-order valence-electron chi connectivity index (χ4n) is 3.38. The predicted octanol–water partition coefficient (Wildman–Crippen LogP) is 2.51. The van der Waals surface area contributed by atoms with Crippen molar-refractivity contribution >= 4 is 26.8 Å². The van der Waals surface area contributed by atoms with E-state index >= 15 is 0 Å². The highest BCUT2D eigenvalue weighted by atomic mass is 32.2. The van der Waals surface area contributed by atoms with E-state index in [0.29, 0.717) is 24.2 Å². The zero-order valence-electron chi connectivity index (χ0n) is 14.4. The van der Waals surface area contributed by atoms with Crippen LogP contribution in [-0.4, -0.2) is 36.4 Å². The molecule has 0 aliphatic carbocycles. The number of nitrogens with zero attached hydrogens (tertiary/aromatic N) is 1. The number of carbonyl (C=O) groups excluding carboxylic acids is 1. The smallest absolute Gasteiger partial charge is 0.268 e. The normalized spacial score (nSPS) is 19.0. The molecule has 1 fully saturated rings. The maximum absolute atomic E-state index is 12.8. The average molecular weight is 372 g/mol. The number of nitrogens with one attached hydrogen (secondary N) is 1. The Morgan fingerprint density at radius 3 is 2.73 bits per heavy atom. The Bertz CT molecular complexity index is 1060. The van der Waals surface area contributed by atoms with Crippen LogP contribution in [-0.2, 0) is 16.4 Å². The Morgan fingerprint density at radius 2 is 2.04 bits per heavy atom. The number of sulfone groups is 1. The summed E-state index contributed by atoms with van der Waals surface area (Å²) in [6, 6.07) is 11.4. The lowest BCUT2D eigenvalue weighted by Crippen LogP contribution is -2.36. The Kier molecular flexibility index (Phi) is 4.11. The van der Waals surface area contributed by atoms with Gasteiger partial charge in [0.2, 0.25) is 0 Å². The monoisotopic (exact) mass is 372 g/mol. The summed E-state index contributed by atoms with van der Waals surface area (Å²) in [5, 5.41) is 2.86. The number of carbonyl (C=O) groups is 1. The van der Waals surface area contributed by atoms with Gasteiger partial charge in [0.25, 0.3) is 5.91 Å². The molecule has 7 heteroatoms. The molecule has 136 valence electrons. The van der Waals surface area contributed by atoms with E-state index in [9.17, 15) is 13.2 Å². The summed E-state index contributed by atoms with van der Waals surface area (Å²) in [7, 11) is -3.04. The van der Waals surface area contributed by atoms with Crippen molar-refractivity contribution in [3.05, 3.63) is 59.5 Å². The first-order chi connectivity index (χ1) is 12.4. The second kappa shape index (κ2) is 6.32. The third kappa shape index (κ3) is 3.26. The fraction of sp³-hybridized carbons (Fsp3) is 0.316. The number of furan rings is 1. The summed E-state index contributed by atoms with van der Waals surface area (Å²) in [6.07, 6.45) is 2.06. The van der Waals surface area contributed by atoms with Crippen molar-refractivity contribution < 1.29 is 17.6 Å². The maximum atomic E-state index is 12.8. The zero-order valence-corrected chi connectivity index (χ0v) is 15.3. The van der Waals surface area contributed by atoms with E-state index < -0.39 is 9.84 Å². The van der Waals surface area contributed by atoms with Crippen molar-refractivity contribution in [2.24, 2.45) is 0 Å². The molecule has 1 saturated heterocycles. The van der Waals surface area contributed by atoms with Gasteiger partial charge >= 0.3 is 0 Å². The van der Waals surface area contributed by atoms with Gasteiger partial charge in [0.05, 0.1) is 23.3 Å². The molecule has 0 radical (unpaired) electrons. The third-order valence-electron chi connectivity index (χ3n) is 4.78. The molecule has 3 aromatic rings. The molecule has 1 atom stereocenters. The van der Waals surface area contributed by atoms with E-state index in [1.807, 2.05) is 41.8 Å². The van der Waals surface area contributed by atoms with Crippen molar-refractivity contribution in [2.75, 3.05) is 11.5 Å². The van der Waals surface area contributed by atoms with Crippen molar-refractivity contribution in [1.29, 1.82) is 0 Å². The first kappa shape index (κ1) is 16.9. The molecule has 3 heterocycles. The Hall–Kier alpha value is -2.54. The standard InChI is InChI=1S/C19H20N2O4S/c1-13-2-4-14(5-3-13)11-21-16-6-8-25-18(16)10-17(21)19(22)20-15-7-9-26(23,24)12-15/h2-6,8,10,15H,7,9,11-12H2,1H3,(H,20,22). The maximum Gasteiger partial charge on any atom is 0.268 e. The lowest BCUT2D eigenvalue weighted by molar-refractivity contribution is 0.0932. The molecule has 0 bridgehead atoms. The summed E-state index contributed by atoms with van der Waals surface area (Å²) in [4.78, 5) is 12.8. The number of hydrogen-bond donors (Lipinski definition) is 1. The van der Waals surface area contributed by atoms with Crippen molar-refractivity contribution in [2.45, 2.75) is 25.9 Å². The van der Waals surface area contributed by atoms with E-state index in [-0.39, 0.29) is 23.5 Å². The number of benzene rings is 1. The van der Waals surface area contributed by atoms with Gasteiger partial charge in [-0.1, -0.05) is 29.8 Å². The predicted molar refractivity (Wildman–Crippen MR) is 99.0 cm³/mol. The third-order valence-corrected chi connectivity index (χ3v) is 6.55. The van der Waals surface area contributed by atoms with Gasteiger partial charge < -0.3 is 14.3 Å². The second-order valence-electron chi connectivity index (χ2n) is 6.84. The van der Waals surface area contributed by atoms with Crippen molar-refractivity contribution in [3.8, 4) is 0 Å². The Morgan fingerprint density at radius 1 is 1.27 bits per heavy atom. The highest BCUT2D eigenvalue weighted by Crippen LogP contribution is 2.23. The number of aryl methyl sites for hydroxylation is 1. The molecule has 4 rings (SSSR count). The summed E-state index contributed by atoms with van der Waals surface area (Å²) in [5.41, 5.74) is 4.21. The van der Waals surface area contributed by atoms with Gasteiger partial charge in [0.1, 0.15) is 5.69 Å². The van der Waals surface area contributed by atoms with Gasteiger partial charge in [0.15, 0.2) is 15.4 Å². The van der Waals surface area contributed by atoms with Crippen LogP contribution < -0.4 is 5.32 Å². The Balaban J connectivity index is 1.63. The lowest BCUT2D eigenvalue weighted by atomic mass is 10.1. The molecular formula is C19H20N2O4S. The SMILES string of the molecule is Cc1ccc(Cn2c(C(=O)NC3CCS(=O)(=O)C3)cc3occc32)cc1. The molecule has 1 amide bonds. The minimum Gasteiger partial charge on any atom is -0.463 e. The molecule has 1 unspecified atom stereocenters. The van der Waals surface area contributed by atoms with E-state index in [4.69, 9.17) is 4.42 Å². The minimum atomic E-state index is -3.04. The van der Waals surface area contributed by atoms with E-state index in [1.54, 1.807) is 12.3 Å². The highest BCUT2D eigenvalue weighted by molar-refractivity contribution is 7.91. The Labute approximate surface area is 151 Å². The summed E-state index contributed by atoms with van der Waals surface area (Å²) < 4.78 is 30.6. The van der Waals surface area contributed by atoms with Gasteiger partial charge in [-0.2, -0.15) is 0 Å². The van der Waals surface area contributed by atoms with E-state index in [0.717, 1.165) is 11.1 Å². The number of rotatable bonds is 4. The molecular weight excluding hydrogens is 352 g/mol. The van der Waals surface area contributed by atoms with Crippen molar-refractivity contribution in [3.63, 3.8) is 0 Å². The van der Waals surface area contributed by atoms with Gasteiger partial charge in [-0.05, 0) is 18.9 Å². The minimum absolute atomic E-state index is 0.00747. The average Bonchev–Trinajstić information content (AvgIpc) is 3.25. The van der Waals surface area contributed by atoms with Crippen LogP contribution in [0.2, 0.25) is 0 Å². The fourth-order valence-corrected chi connectivity index (χ4v) is 5.05. The van der Waals surface area contributed by atoms with Crippen LogP contribution in [0.15, 0.2) is 47.1 Å². The second-order valence-corrected chi connectivity index (χ2v) is 9.07. The summed E-state index contributed by atoms with van der Waals surface area (Å²) in [6.45, 7) is 2.57. The van der Waals surface area contributed by atoms with E-state index in [2.05, 4.69) is 5.32 Å². The molecule has 0 spiro atoms. The molecule has 0 saturated carbocycles. The van der Waals surface area contributed by atoms with Crippen LogP contribution in [0.1, 0.15) is 28.0 Å². The van der Waals surface area contributed by atoms with Gasteiger partial charge in [0, 0.05) is 24.7 Å². The molecule has 6 nitrogen and oxygen atoms in total. The molecule has 26 heavy (non-hydrogen) atoms. The van der Waals surface area contributed by atoms with Crippen LogP contribution in [0, 0.1) is 6.92 Å². The van der Waals surface area contributed by atoms with E-state index in [1.165, 1.54) is 5.56 Å². The van der Waals surface area contributed by atoms with Gasteiger partial charge in [-0.25, -0.2) is 8.42 Å². The molecule has 1 N–H and O–H groups in total. The molecule has 1 aliphatic rings. The lowest BCUT2D eigenvalue weighted by Gasteiger charge is -2.14. The summed E-state index contributed by atoms with van der Waals surface area (Å²) in [5.74, 6) is -0.135. The first-order valence-electron chi connectivity index (χ1n) is 8.55. The quantitative estimate of drug-likeness (QED) is 0.763. The number of hydrogen-bond acceptors (Lipinski definition) is 4. The number of aromatic nitrogens is 1. The van der Waals surface area contributed by atoms with Gasteiger partial charge in [-0.3, -0.25) is 4.79 Å². The number of amides is 1. The molecule has 1 aliphatic heterocycles. The van der Waals surface area contributed by atoms with Gasteiger partial charge in [-0.15, -0.1) is 0 Å². The number of fused-ring (bicyclic) bond motifs is 1. The highest BCUT2D eigenvalue weighted by Gasteiger charge is 2.30. The largest absolute Gasteiger partial charge is 0.463 e. The van der Waals surface area contributed by atoms with Crippen molar-refractivity contribution in [1.82, 2.24) is 9.88 Å². The molecule has 1 aromatic carbocycles. The van der Waals surface area contributed by atoms with Crippen LogP contribution in [0.4, 0.5) is 0 Å². The molecule has 2 aromatic heterocycles. The van der Waals surface area contributed by atoms with Crippen LogP contribution in [0.3, 0.4) is 0 Å². The zero-order chi connectivity index (χ0) is 18.3. The first-order valence-corrected chi connectivity index (χ1v) is 10.4. The van der Waals surface area contributed by atoms with Crippen LogP contribution >= 0.6 is 0 Å². The van der Waals surface area contributed by atoms with Crippen LogP contribution in [0.25, 0.3) is 11.1 Å². The topological polar surface area (TPSA) is 81.3 Å².